The summed E-state index contributed by atoms with van der Waals surface area (Å²) in [6.07, 6.45) is 8.58. The number of rotatable bonds is 5. The molecule has 126 valence electrons. The van der Waals surface area contributed by atoms with E-state index in [9.17, 15) is 9.59 Å². The lowest BCUT2D eigenvalue weighted by Gasteiger charge is -2.22. The van der Waals surface area contributed by atoms with E-state index in [-0.39, 0.29) is 23.6 Å². The molecule has 3 rings (SSSR count). The molecule has 2 heterocycles. The molecule has 1 saturated carbocycles. The molecule has 0 aliphatic heterocycles. The number of furan rings is 1. The monoisotopic (exact) mass is 327 g/mol. The first-order valence-corrected chi connectivity index (χ1v) is 8.30. The lowest BCUT2D eigenvalue weighted by atomic mass is 9.95. The predicted octanol–water partition coefficient (Wildman–Crippen LogP) is 2.67. The SMILES string of the molecule is O=C(NCc1ccco1)c1ccnc(C(=O)NC2CCCCC2)c1. The third kappa shape index (κ3) is 4.22. The molecule has 2 amide bonds. The van der Waals surface area contributed by atoms with Crippen molar-refractivity contribution in [2.45, 2.75) is 44.7 Å². The standard InChI is InChI=1S/C18H21N3O3/c22-17(20-12-15-7-4-10-24-15)13-8-9-19-16(11-13)18(23)21-14-5-2-1-3-6-14/h4,7-11,14H,1-3,5-6,12H2,(H,20,22)(H,21,23). The average molecular weight is 327 g/mol. The second kappa shape index (κ2) is 7.77. The van der Waals surface area contributed by atoms with Gasteiger partial charge >= 0.3 is 0 Å². The van der Waals surface area contributed by atoms with Crippen molar-refractivity contribution in [1.29, 1.82) is 0 Å². The van der Waals surface area contributed by atoms with Crippen molar-refractivity contribution in [2.24, 2.45) is 0 Å². The minimum atomic E-state index is -0.263. The van der Waals surface area contributed by atoms with Crippen LogP contribution in [0.3, 0.4) is 0 Å². The number of hydrogen-bond donors (Lipinski definition) is 2. The number of amides is 2. The molecule has 2 aromatic rings. The molecule has 1 aliphatic carbocycles. The summed E-state index contributed by atoms with van der Waals surface area (Å²) in [6.45, 7) is 0.303. The zero-order valence-corrected chi connectivity index (χ0v) is 13.5. The van der Waals surface area contributed by atoms with E-state index in [1.54, 1.807) is 24.5 Å². The maximum absolute atomic E-state index is 12.3. The van der Waals surface area contributed by atoms with Crippen molar-refractivity contribution in [3.8, 4) is 0 Å². The van der Waals surface area contributed by atoms with E-state index in [1.807, 2.05) is 0 Å². The molecule has 0 bridgehead atoms. The highest BCUT2D eigenvalue weighted by atomic mass is 16.3. The number of pyridine rings is 1. The molecule has 1 aliphatic rings. The number of carbonyl (C=O) groups is 2. The van der Waals surface area contributed by atoms with Gasteiger partial charge in [0.1, 0.15) is 11.5 Å². The van der Waals surface area contributed by atoms with Gasteiger partial charge in [0, 0.05) is 17.8 Å². The molecule has 2 N–H and O–H groups in total. The number of hydrogen-bond acceptors (Lipinski definition) is 4. The van der Waals surface area contributed by atoms with E-state index in [1.165, 1.54) is 18.7 Å². The Bertz CT molecular complexity index is 691. The Balaban J connectivity index is 1.60. The molecule has 24 heavy (non-hydrogen) atoms. The van der Waals surface area contributed by atoms with E-state index in [0.717, 1.165) is 25.7 Å². The van der Waals surface area contributed by atoms with Crippen LogP contribution in [0.5, 0.6) is 0 Å². The molecule has 0 atom stereocenters. The highest BCUT2D eigenvalue weighted by molar-refractivity contribution is 5.98. The molecular formula is C18H21N3O3. The summed E-state index contributed by atoms with van der Waals surface area (Å²) in [4.78, 5) is 28.6. The van der Waals surface area contributed by atoms with Crippen LogP contribution >= 0.6 is 0 Å². The molecule has 0 aromatic carbocycles. The number of aromatic nitrogens is 1. The van der Waals surface area contributed by atoms with E-state index in [0.29, 0.717) is 17.9 Å². The topological polar surface area (TPSA) is 84.2 Å². The zero-order valence-electron chi connectivity index (χ0n) is 13.5. The Labute approximate surface area is 140 Å². The maximum atomic E-state index is 12.3. The fourth-order valence-electron chi connectivity index (χ4n) is 2.88. The molecule has 2 aromatic heterocycles. The van der Waals surface area contributed by atoms with Crippen molar-refractivity contribution in [2.75, 3.05) is 0 Å². The summed E-state index contributed by atoms with van der Waals surface area (Å²) in [7, 11) is 0. The van der Waals surface area contributed by atoms with E-state index in [2.05, 4.69) is 15.6 Å². The summed E-state index contributed by atoms with van der Waals surface area (Å²) in [5.74, 6) is 0.191. The molecule has 0 saturated heterocycles. The molecule has 6 nitrogen and oxygen atoms in total. The van der Waals surface area contributed by atoms with Crippen LogP contribution in [-0.4, -0.2) is 22.8 Å². The van der Waals surface area contributed by atoms with Gasteiger partial charge in [-0.1, -0.05) is 19.3 Å². The van der Waals surface area contributed by atoms with Gasteiger partial charge in [-0.2, -0.15) is 0 Å². The minimum Gasteiger partial charge on any atom is -0.467 e. The van der Waals surface area contributed by atoms with E-state index < -0.39 is 0 Å². The van der Waals surface area contributed by atoms with Gasteiger partial charge in [-0.05, 0) is 37.1 Å². The highest BCUT2D eigenvalue weighted by Gasteiger charge is 2.18. The number of nitrogens with zero attached hydrogens (tertiary/aromatic N) is 1. The van der Waals surface area contributed by atoms with Crippen LogP contribution in [0, 0.1) is 0 Å². The zero-order chi connectivity index (χ0) is 16.8. The Kier molecular flexibility index (Phi) is 5.25. The molecule has 0 radical (unpaired) electrons. The molecule has 1 fully saturated rings. The number of nitrogens with one attached hydrogen (secondary N) is 2. The fourth-order valence-corrected chi connectivity index (χ4v) is 2.88. The van der Waals surface area contributed by atoms with Crippen LogP contribution in [0.25, 0.3) is 0 Å². The van der Waals surface area contributed by atoms with Gasteiger partial charge in [0.2, 0.25) is 0 Å². The second-order valence-electron chi connectivity index (χ2n) is 6.00. The summed E-state index contributed by atoms with van der Waals surface area (Å²) in [5, 5.41) is 5.76. The molecule has 6 heteroatoms. The summed E-state index contributed by atoms with van der Waals surface area (Å²) >= 11 is 0. The van der Waals surface area contributed by atoms with E-state index >= 15 is 0 Å². The smallest absolute Gasteiger partial charge is 0.270 e. The first kappa shape index (κ1) is 16.2. The fraction of sp³-hybridized carbons (Fsp3) is 0.389. The van der Waals surface area contributed by atoms with Gasteiger partial charge in [0.05, 0.1) is 12.8 Å². The van der Waals surface area contributed by atoms with Crippen molar-refractivity contribution in [1.82, 2.24) is 15.6 Å². The highest BCUT2D eigenvalue weighted by Crippen LogP contribution is 2.17. The van der Waals surface area contributed by atoms with Crippen LogP contribution in [0.15, 0.2) is 41.1 Å². The number of carbonyl (C=O) groups excluding carboxylic acids is 2. The third-order valence-corrected chi connectivity index (χ3v) is 4.20. The largest absolute Gasteiger partial charge is 0.467 e. The van der Waals surface area contributed by atoms with Gasteiger partial charge in [0.25, 0.3) is 11.8 Å². The Morgan fingerprint density at radius 3 is 2.75 bits per heavy atom. The first-order valence-electron chi connectivity index (χ1n) is 8.30. The van der Waals surface area contributed by atoms with Crippen molar-refractivity contribution in [3.05, 3.63) is 53.7 Å². The van der Waals surface area contributed by atoms with Gasteiger partial charge < -0.3 is 15.1 Å². The Morgan fingerprint density at radius 2 is 2.00 bits per heavy atom. The summed E-state index contributed by atoms with van der Waals surface area (Å²) in [5.41, 5.74) is 0.677. The first-order chi connectivity index (χ1) is 11.7. The lowest BCUT2D eigenvalue weighted by Crippen LogP contribution is -2.36. The van der Waals surface area contributed by atoms with Crippen LogP contribution in [-0.2, 0) is 6.54 Å². The Hall–Kier alpha value is -2.63. The predicted molar refractivity (Wildman–Crippen MR) is 88.5 cm³/mol. The van der Waals surface area contributed by atoms with Crippen LogP contribution in [0.4, 0.5) is 0 Å². The summed E-state index contributed by atoms with van der Waals surface area (Å²) in [6, 6.07) is 6.88. The van der Waals surface area contributed by atoms with Crippen molar-refractivity contribution in [3.63, 3.8) is 0 Å². The minimum absolute atomic E-state index is 0.212. The van der Waals surface area contributed by atoms with Gasteiger partial charge in [-0.15, -0.1) is 0 Å². The molecular weight excluding hydrogens is 306 g/mol. The second-order valence-corrected chi connectivity index (χ2v) is 6.00. The summed E-state index contributed by atoms with van der Waals surface area (Å²) < 4.78 is 5.18. The third-order valence-electron chi connectivity index (χ3n) is 4.20. The average Bonchev–Trinajstić information content (AvgIpc) is 3.14. The van der Waals surface area contributed by atoms with Crippen molar-refractivity contribution >= 4 is 11.8 Å². The maximum Gasteiger partial charge on any atom is 0.270 e. The van der Waals surface area contributed by atoms with Crippen molar-refractivity contribution < 1.29 is 14.0 Å². The van der Waals surface area contributed by atoms with E-state index in [4.69, 9.17) is 4.42 Å². The molecule has 0 unspecified atom stereocenters. The lowest BCUT2D eigenvalue weighted by molar-refractivity contribution is 0.0922. The Morgan fingerprint density at radius 1 is 1.17 bits per heavy atom. The van der Waals surface area contributed by atoms with Gasteiger partial charge in [-0.25, -0.2) is 0 Å². The van der Waals surface area contributed by atoms with Crippen LogP contribution in [0.2, 0.25) is 0 Å². The normalized spacial score (nSPS) is 15.0. The van der Waals surface area contributed by atoms with Gasteiger partial charge in [-0.3, -0.25) is 14.6 Å². The quantitative estimate of drug-likeness (QED) is 0.884. The van der Waals surface area contributed by atoms with Gasteiger partial charge in [0.15, 0.2) is 0 Å². The molecule has 0 spiro atoms. The van der Waals surface area contributed by atoms with Crippen LogP contribution < -0.4 is 10.6 Å². The van der Waals surface area contributed by atoms with Crippen LogP contribution in [0.1, 0.15) is 58.7 Å².